The molecule has 2 heterocycles. The predicted octanol–water partition coefficient (Wildman–Crippen LogP) is 2.34. The van der Waals surface area contributed by atoms with Gasteiger partial charge in [0.25, 0.3) is 5.91 Å². The minimum absolute atomic E-state index is 0.299. The largest absolute Gasteiger partial charge is 0.480 e. The number of hydrogen-bond donors (Lipinski definition) is 1. The highest BCUT2D eigenvalue weighted by Gasteiger charge is 2.52. The molecule has 128 valence electrons. The summed E-state index contributed by atoms with van der Waals surface area (Å²) in [7, 11) is 0. The number of ether oxygens (including phenoxy) is 1. The maximum absolute atomic E-state index is 13.0. The van der Waals surface area contributed by atoms with Gasteiger partial charge in [-0.25, -0.2) is 4.79 Å². The van der Waals surface area contributed by atoms with E-state index in [0.29, 0.717) is 48.8 Å². The van der Waals surface area contributed by atoms with Crippen molar-refractivity contribution in [2.24, 2.45) is 4.99 Å². The lowest BCUT2D eigenvalue weighted by molar-refractivity contribution is -0.155. The van der Waals surface area contributed by atoms with Gasteiger partial charge in [-0.15, -0.1) is 0 Å². The number of carbonyl (C=O) groups is 2. The van der Waals surface area contributed by atoms with Crippen LogP contribution in [0, 0.1) is 0 Å². The van der Waals surface area contributed by atoms with Crippen molar-refractivity contribution in [3.63, 3.8) is 0 Å². The molecular weight excluding hydrogens is 332 g/mol. The fourth-order valence-corrected chi connectivity index (χ4v) is 3.48. The van der Waals surface area contributed by atoms with Crippen LogP contribution in [0.2, 0.25) is 5.02 Å². The van der Waals surface area contributed by atoms with E-state index in [9.17, 15) is 14.7 Å². The summed E-state index contributed by atoms with van der Waals surface area (Å²) in [5.41, 5.74) is 0.120. The number of amides is 1. The fourth-order valence-electron chi connectivity index (χ4n) is 3.36. The molecule has 1 spiro atoms. The number of benzene rings is 1. The molecule has 1 aromatic carbocycles. The zero-order valence-corrected chi connectivity index (χ0v) is 14.1. The monoisotopic (exact) mass is 350 g/mol. The molecule has 1 fully saturated rings. The number of nitrogens with zero attached hydrogens (tertiary/aromatic N) is 2. The molecule has 1 amide bonds. The number of halogens is 1. The van der Waals surface area contributed by atoms with Crippen molar-refractivity contribution < 1.29 is 19.4 Å². The number of carboxylic acids is 1. The summed E-state index contributed by atoms with van der Waals surface area (Å²) in [5.74, 6) is -1.35. The Bertz CT molecular complexity index is 680. The lowest BCUT2D eigenvalue weighted by Crippen LogP contribution is -2.57. The normalized spacial score (nSPS) is 21.0. The maximum Gasteiger partial charge on any atom is 0.326 e. The van der Waals surface area contributed by atoms with E-state index in [-0.39, 0.29) is 5.91 Å². The van der Waals surface area contributed by atoms with Crippen LogP contribution in [-0.4, -0.2) is 52.5 Å². The predicted molar refractivity (Wildman–Crippen MR) is 89.3 cm³/mol. The number of carboxylic acid groups (broad SMARTS) is 1. The van der Waals surface area contributed by atoms with E-state index in [1.165, 1.54) is 4.90 Å². The molecule has 1 saturated heterocycles. The van der Waals surface area contributed by atoms with E-state index in [4.69, 9.17) is 21.3 Å². The molecule has 7 heteroatoms. The highest BCUT2D eigenvalue weighted by molar-refractivity contribution is 6.47. The summed E-state index contributed by atoms with van der Waals surface area (Å²) in [4.78, 5) is 30.9. The lowest BCUT2D eigenvalue weighted by Gasteiger charge is -2.41. The quantitative estimate of drug-likeness (QED) is 0.904. The third-order valence-electron chi connectivity index (χ3n) is 4.58. The van der Waals surface area contributed by atoms with Crippen LogP contribution in [0.1, 0.15) is 31.7 Å². The van der Waals surface area contributed by atoms with E-state index in [1.807, 2.05) is 0 Å². The summed E-state index contributed by atoms with van der Waals surface area (Å²) in [6.07, 6.45) is 1.33. The van der Waals surface area contributed by atoms with Gasteiger partial charge in [-0.3, -0.25) is 14.7 Å². The van der Waals surface area contributed by atoms with Crippen LogP contribution >= 0.6 is 11.6 Å². The number of carbonyl (C=O) groups excluding carboxylic acids is 1. The Morgan fingerprint density at radius 1 is 1.38 bits per heavy atom. The molecule has 0 radical (unpaired) electrons. The Morgan fingerprint density at radius 2 is 2.00 bits per heavy atom. The van der Waals surface area contributed by atoms with Gasteiger partial charge in [0.05, 0.1) is 13.2 Å². The van der Waals surface area contributed by atoms with Gasteiger partial charge in [-0.05, 0) is 18.6 Å². The average Bonchev–Trinajstić information content (AvgIpc) is 2.83. The lowest BCUT2D eigenvalue weighted by atomic mass is 9.97. The summed E-state index contributed by atoms with van der Waals surface area (Å²) in [6.45, 7) is 2.67. The molecule has 0 aromatic heterocycles. The van der Waals surface area contributed by atoms with Gasteiger partial charge < -0.3 is 9.84 Å². The van der Waals surface area contributed by atoms with Crippen molar-refractivity contribution in [3.8, 4) is 0 Å². The van der Waals surface area contributed by atoms with Crippen LogP contribution < -0.4 is 0 Å². The standard InChI is InChI=1S/C17H19ClN2O4/c1-2-13(16(22)23)20-15(21)14(11-3-5-12(18)6-4-11)19-17(20)7-9-24-10-8-17/h3-6,13H,2,7-10H2,1H3,(H,22,23). The second-order valence-electron chi connectivity index (χ2n) is 6.00. The van der Waals surface area contributed by atoms with Gasteiger partial charge in [0, 0.05) is 23.4 Å². The first-order valence-electron chi connectivity index (χ1n) is 7.98. The molecule has 1 unspecified atom stereocenters. The Balaban J connectivity index is 2.05. The van der Waals surface area contributed by atoms with E-state index in [1.54, 1.807) is 31.2 Å². The van der Waals surface area contributed by atoms with Crippen molar-refractivity contribution >= 4 is 29.2 Å². The molecule has 0 saturated carbocycles. The number of aliphatic imine (C=N–C) groups is 1. The molecule has 0 aliphatic carbocycles. The van der Waals surface area contributed by atoms with Crippen molar-refractivity contribution in [3.05, 3.63) is 34.9 Å². The van der Waals surface area contributed by atoms with Gasteiger partial charge in [0.2, 0.25) is 0 Å². The van der Waals surface area contributed by atoms with Crippen molar-refractivity contribution in [2.75, 3.05) is 13.2 Å². The second kappa shape index (κ2) is 6.53. The Labute approximate surface area is 145 Å². The number of hydrogen-bond acceptors (Lipinski definition) is 4. The molecule has 2 aliphatic heterocycles. The zero-order chi connectivity index (χ0) is 17.3. The second-order valence-corrected chi connectivity index (χ2v) is 6.44. The first-order chi connectivity index (χ1) is 11.5. The molecule has 1 aromatic rings. The van der Waals surface area contributed by atoms with E-state index < -0.39 is 17.7 Å². The molecule has 0 bridgehead atoms. The molecule has 6 nitrogen and oxygen atoms in total. The van der Waals surface area contributed by atoms with E-state index in [2.05, 4.69) is 0 Å². The van der Waals surface area contributed by atoms with Gasteiger partial charge in [0.1, 0.15) is 17.4 Å². The van der Waals surface area contributed by atoms with Crippen molar-refractivity contribution in [2.45, 2.75) is 37.9 Å². The van der Waals surface area contributed by atoms with Gasteiger partial charge in [0.15, 0.2) is 0 Å². The first kappa shape index (κ1) is 16.9. The Hall–Kier alpha value is -1.92. The topological polar surface area (TPSA) is 79.2 Å². The highest BCUT2D eigenvalue weighted by atomic mass is 35.5. The van der Waals surface area contributed by atoms with Crippen LogP contribution in [0.3, 0.4) is 0 Å². The molecular formula is C17H19ClN2O4. The number of aliphatic carboxylic acids is 1. The highest BCUT2D eigenvalue weighted by Crippen LogP contribution is 2.38. The van der Waals surface area contributed by atoms with Gasteiger partial charge in [-0.1, -0.05) is 30.7 Å². The van der Waals surface area contributed by atoms with Gasteiger partial charge >= 0.3 is 5.97 Å². The average molecular weight is 351 g/mol. The minimum atomic E-state index is -1.01. The SMILES string of the molecule is CCC(C(=O)O)N1C(=O)C(c2ccc(Cl)cc2)=NC12CCOCC2. The van der Waals surface area contributed by atoms with Crippen molar-refractivity contribution in [1.82, 2.24) is 4.90 Å². The Kier molecular flexibility index (Phi) is 4.60. The number of rotatable bonds is 4. The van der Waals surface area contributed by atoms with E-state index >= 15 is 0 Å². The smallest absolute Gasteiger partial charge is 0.326 e. The summed E-state index contributed by atoms with van der Waals surface area (Å²) in [5, 5.41) is 10.1. The van der Waals surface area contributed by atoms with Crippen LogP contribution in [0.25, 0.3) is 0 Å². The van der Waals surface area contributed by atoms with Crippen LogP contribution in [0.15, 0.2) is 29.3 Å². The Morgan fingerprint density at radius 3 is 2.54 bits per heavy atom. The summed E-state index contributed by atoms with van der Waals surface area (Å²) >= 11 is 5.91. The van der Waals surface area contributed by atoms with E-state index in [0.717, 1.165) is 0 Å². The first-order valence-corrected chi connectivity index (χ1v) is 8.36. The van der Waals surface area contributed by atoms with Crippen LogP contribution in [0.4, 0.5) is 0 Å². The fraction of sp³-hybridized carbons (Fsp3) is 0.471. The zero-order valence-electron chi connectivity index (χ0n) is 13.4. The molecule has 24 heavy (non-hydrogen) atoms. The van der Waals surface area contributed by atoms with Crippen LogP contribution in [0.5, 0.6) is 0 Å². The maximum atomic E-state index is 13.0. The molecule has 3 rings (SSSR count). The van der Waals surface area contributed by atoms with Crippen LogP contribution in [-0.2, 0) is 14.3 Å². The molecule has 2 aliphatic rings. The summed E-state index contributed by atoms with van der Waals surface area (Å²) < 4.78 is 5.40. The minimum Gasteiger partial charge on any atom is -0.480 e. The third kappa shape index (κ3) is 2.80. The molecule has 1 atom stereocenters. The van der Waals surface area contributed by atoms with Crippen molar-refractivity contribution in [1.29, 1.82) is 0 Å². The third-order valence-corrected chi connectivity index (χ3v) is 4.84. The van der Waals surface area contributed by atoms with Gasteiger partial charge in [-0.2, -0.15) is 0 Å². The summed E-state index contributed by atoms with van der Waals surface area (Å²) in [6, 6.07) is 5.96. The molecule has 1 N–H and O–H groups in total.